The highest BCUT2D eigenvalue weighted by molar-refractivity contribution is 6.20. The van der Waals surface area contributed by atoms with E-state index in [1.807, 2.05) is 12.1 Å². The average Bonchev–Trinajstić information content (AvgIpc) is 2.41. The zero-order chi connectivity index (χ0) is 13.7. The van der Waals surface area contributed by atoms with Crippen molar-refractivity contribution in [3.63, 3.8) is 0 Å². The minimum atomic E-state index is 0.265. The summed E-state index contributed by atoms with van der Waals surface area (Å²) >= 11 is 6.18. The lowest BCUT2D eigenvalue weighted by atomic mass is 9.97. The first-order valence-electron chi connectivity index (χ1n) is 7.20. The van der Waals surface area contributed by atoms with E-state index in [1.54, 1.807) is 7.11 Å². The topological polar surface area (TPSA) is 12.5 Å². The van der Waals surface area contributed by atoms with Crippen molar-refractivity contribution in [2.24, 2.45) is 0 Å². The molecule has 0 amide bonds. The number of halogens is 1. The van der Waals surface area contributed by atoms with Gasteiger partial charge in [0.15, 0.2) is 0 Å². The van der Waals surface area contributed by atoms with E-state index < -0.39 is 0 Å². The van der Waals surface area contributed by atoms with Gasteiger partial charge >= 0.3 is 0 Å². The molecule has 0 aliphatic carbocycles. The number of nitrogens with zero attached hydrogens (tertiary/aromatic N) is 1. The predicted octanol–water partition coefficient (Wildman–Crippen LogP) is 4.07. The zero-order valence-electron chi connectivity index (χ0n) is 11.9. The Hall–Kier alpha value is -0.730. The predicted molar refractivity (Wildman–Crippen MR) is 81.0 cm³/mol. The van der Waals surface area contributed by atoms with Gasteiger partial charge in [-0.2, -0.15) is 0 Å². The van der Waals surface area contributed by atoms with Crippen LogP contribution in [0.3, 0.4) is 0 Å². The van der Waals surface area contributed by atoms with Crippen LogP contribution < -0.4 is 4.74 Å². The van der Waals surface area contributed by atoms with Crippen molar-refractivity contribution in [2.75, 3.05) is 13.7 Å². The highest BCUT2D eigenvalue weighted by Crippen LogP contribution is 2.24. The third-order valence-electron chi connectivity index (χ3n) is 3.89. The molecule has 0 aromatic heterocycles. The molecule has 3 heteroatoms. The van der Waals surface area contributed by atoms with Gasteiger partial charge in [0.1, 0.15) is 5.75 Å². The van der Waals surface area contributed by atoms with Gasteiger partial charge in [0, 0.05) is 18.0 Å². The summed E-state index contributed by atoms with van der Waals surface area (Å²) in [7, 11) is 1.71. The van der Waals surface area contributed by atoms with Crippen LogP contribution in [0.15, 0.2) is 24.3 Å². The van der Waals surface area contributed by atoms with Crippen LogP contribution in [0, 0.1) is 0 Å². The van der Waals surface area contributed by atoms with Crippen LogP contribution in [-0.4, -0.2) is 30.0 Å². The molecule has 1 fully saturated rings. The van der Waals surface area contributed by atoms with Crippen molar-refractivity contribution in [3.8, 4) is 5.75 Å². The van der Waals surface area contributed by atoms with Crippen LogP contribution in [0.1, 0.15) is 38.2 Å². The smallest absolute Gasteiger partial charge is 0.118 e. The summed E-state index contributed by atoms with van der Waals surface area (Å²) in [4.78, 5) is 2.59. The van der Waals surface area contributed by atoms with E-state index in [4.69, 9.17) is 16.3 Å². The number of methoxy groups -OCH3 is 1. The molecular weight excluding hydrogens is 258 g/mol. The third-order valence-corrected chi connectivity index (χ3v) is 4.07. The van der Waals surface area contributed by atoms with Crippen LogP contribution in [0.25, 0.3) is 0 Å². The molecule has 1 aliphatic rings. The van der Waals surface area contributed by atoms with Gasteiger partial charge in [0.2, 0.25) is 0 Å². The van der Waals surface area contributed by atoms with E-state index >= 15 is 0 Å². The normalized spacial score (nSPS) is 22.2. The van der Waals surface area contributed by atoms with Gasteiger partial charge in [-0.25, -0.2) is 0 Å². The van der Waals surface area contributed by atoms with E-state index in [-0.39, 0.29) is 5.38 Å². The van der Waals surface area contributed by atoms with Crippen LogP contribution in [0.4, 0.5) is 0 Å². The lowest BCUT2D eigenvalue weighted by Gasteiger charge is -2.36. The minimum absolute atomic E-state index is 0.265. The lowest BCUT2D eigenvalue weighted by Crippen LogP contribution is -2.40. The molecule has 1 aromatic rings. The summed E-state index contributed by atoms with van der Waals surface area (Å²) in [6.07, 6.45) is 5.03. The molecule has 0 bridgehead atoms. The fourth-order valence-corrected chi connectivity index (χ4v) is 3.08. The average molecular weight is 282 g/mol. The summed E-state index contributed by atoms with van der Waals surface area (Å²) in [5.41, 5.74) is 1.36. The van der Waals surface area contributed by atoms with Gasteiger partial charge in [-0.15, -0.1) is 11.6 Å². The van der Waals surface area contributed by atoms with E-state index in [0.29, 0.717) is 6.04 Å². The van der Waals surface area contributed by atoms with Crippen LogP contribution >= 0.6 is 11.6 Å². The molecule has 0 spiro atoms. The van der Waals surface area contributed by atoms with E-state index in [2.05, 4.69) is 24.0 Å². The minimum Gasteiger partial charge on any atom is -0.497 e. The number of hydrogen-bond donors (Lipinski definition) is 0. The summed E-state index contributed by atoms with van der Waals surface area (Å²) in [6, 6.07) is 9.04. The number of likely N-dealkylation sites (tertiary alicyclic amines) is 1. The van der Waals surface area contributed by atoms with Gasteiger partial charge in [-0.05, 0) is 50.4 Å². The fourth-order valence-electron chi connectivity index (χ4n) is 2.88. The van der Waals surface area contributed by atoms with Gasteiger partial charge in [0.25, 0.3) is 0 Å². The molecule has 0 saturated carbocycles. The highest BCUT2D eigenvalue weighted by Gasteiger charge is 2.23. The number of rotatable bonds is 5. The number of alkyl halides is 1. The summed E-state index contributed by atoms with van der Waals surface area (Å²) in [6.45, 7) is 4.32. The Morgan fingerprint density at radius 2 is 2.05 bits per heavy atom. The molecule has 1 aromatic carbocycles. The van der Waals surface area contributed by atoms with Crippen molar-refractivity contribution in [1.29, 1.82) is 0 Å². The van der Waals surface area contributed by atoms with Crippen LogP contribution in [0.2, 0.25) is 0 Å². The molecule has 0 N–H and O–H groups in total. The van der Waals surface area contributed by atoms with Crippen molar-refractivity contribution in [2.45, 2.75) is 50.6 Å². The van der Waals surface area contributed by atoms with Gasteiger partial charge in [0.05, 0.1) is 7.11 Å². The molecule has 1 aliphatic heterocycles. The molecule has 2 rings (SSSR count). The molecule has 0 radical (unpaired) electrons. The molecular formula is C16H24ClNO. The van der Waals surface area contributed by atoms with E-state index in [0.717, 1.165) is 18.7 Å². The van der Waals surface area contributed by atoms with Gasteiger partial charge in [-0.3, -0.25) is 4.90 Å². The summed E-state index contributed by atoms with van der Waals surface area (Å²) < 4.78 is 5.20. The zero-order valence-corrected chi connectivity index (χ0v) is 12.7. The van der Waals surface area contributed by atoms with E-state index in [9.17, 15) is 0 Å². The van der Waals surface area contributed by atoms with Crippen LogP contribution in [0.5, 0.6) is 5.75 Å². The molecule has 2 atom stereocenters. The SMILES string of the molecule is COc1ccc(CN2CCCCC2CC(C)Cl)cc1. The Morgan fingerprint density at radius 3 is 2.68 bits per heavy atom. The summed E-state index contributed by atoms with van der Waals surface area (Å²) in [5.74, 6) is 0.924. The lowest BCUT2D eigenvalue weighted by molar-refractivity contribution is 0.132. The third kappa shape index (κ3) is 4.39. The maximum atomic E-state index is 6.18. The first-order chi connectivity index (χ1) is 9.19. The maximum absolute atomic E-state index is 6.18. The number of piperidine rings is 1. The van der Waals surface area contributed by atoms with Crippen molar-refractivity contribution >= 4 is 11.6 Å². The number of benzene rings is 1. The summed E-state index contributed by atoms with van der Waals surface area (Å²) in [5, 5.41) is 0.265. The first-order valence-corrected chi connectivity index (χ1v) is 7.63. The molecule has 19 heavy (non-hydrogen) atoms. The Labute approximate surface area is 121 Å². The van der Waals surface area contributed by atoms with Crippen molar-refractivity contribution in [3.05, 3.63) is 29.8 Å². The largest absolute Gasteiger partial charge is 0.497 e. The molecule has 2 nitrogen and oxygen atoms in total. The Morgan fingerprint density at radius 1 is 1.32 bits per heavy atom. The fraction of sp³-hybridized carbons (Fsp3) is 0.625. The van der Waals surface area contributed by atoms with E-state index in [1.165, 1.54) is 31.4 Å². The number of ether oxygens (including phenoxy) is 1. The standard InChI is InChI=1S/C16H24ClNO/c1-13(17)11-15-5-3-4-10-18(15)12-14-6-8-16(19-2)9-7-14/h6-9,13,15H,3-5,10-12H2,1-2H3. The van der Waals surface area contributed by atoms with Crippen molar-refractivity contribution < 1.29 is 4.74 Å². The van der Waals surface area contributed by atoms with Crippen molar-refractivity contribution in [1.82, 2.24) is 4.90 Å². The Balaban J connectivity index is 1.97. The van der Waals surface area contributed by atoms with Gasteiger partial charge in [-0.1, -0.05) is 18.6 Å². The Kier molecular flexibility index (Phi) is 5.53. The molecule has 1 heterocycles. The quantitative estimate of drug-likeness (QED) is 0.755. The first kappa shape index (κ1) is 14.7. The second-order valence-electron chi connectivity index (χ2n) is 5.48. The second kappa shape index (κ2) is 7.16. The second-order valence-corrected chi connectivity index (χ2v) is 6.23. The molecule has 2 unspecified atom stereocenters. The molecule has 1 saturated heterocycles. The number of hydrogen-bond acceptors (Lipinski definition) is 2. The molecule has 106 valence electrons. The Bertz CT molecular complexity index is 377. The van der Waals surface area contributed by atoms with Gasteiger partial charge < -0.3 is 4.74 Å². The monoisotopic (exact) mass is 281 g/mol. The maximum Gasteiger partial charge on any atom is 0.118 e. The highest BCUT2D eigenvalue weighted by atomic mass is 35.5. The van der Waals surface area contributed by atoms with Crippen LogP contribution in [-0.2, 0) is 6.54 Å².